The normalized spacial score (nSPS) is 10.5. The van der Waals surface area contributed by atoms with Crippen molar-refractivity contribution >= 4 is 52.1 Å². The van der Waals surface area contributed by atoms with Crippen LogP contribution in [0.25, 0.3) is 0 Å². The molecule has 7 heteroatoms. The number of aryl methyl sites for hydroxylation is 1. The van der Waals surface area contributed by atoms with Crippen LogP contribution in [0.1, 0.15) is 30.9 Å². The lowest BCUT2D eigenvalue weighted by molar-refractivity contribution is -0.121. The van der Waals surface area contributed by atoms with Gasteiger partial charge in [-0.15, -0.1) is 0 Å². The maximum atomic E-state index is 12.0. The van der Waals surface area contributed by atoms with Crippen molar-refractivity contribution in [1.82, 2.24) is 5.32 Å². The van der Waals surface area contributed by atoms with E-state index < -0.39 is 0 Å². The molecular weight excluding hydrogens is 391 g/mol. The molecule has 0 spiro atoms. The lowest BCUT2D eigenvalue weighted by atomic mass is 9.98. The van der Waals surface area contributed by atoms with E-state index in [0.29, 0.717) is 27.4 Å². The molecule has 0 aromatic heterocycles. The van der Waals surface area contributed by atoms with Crippen molar-refractivity contribution in [2.45, 2.75) is 26.7 Å². The minimum atomic E-state index is -0.363. The summed E-state index contributed by atoms with van der Waals surface area (Å²) in [5.41, 5.74) is 2.95. The molecule has 2 N–H and O–H groups in total. The predicted molar refractivity (Wildman–Crippen MR) is 112 cm³/mol. The molecular formula is C19H20Cl2N2O2S. The standard InChI is InChI=1S/C19H20Cl2N2O2S/c1-11(2)15-6-5-14(8-12(15)3)25-10-18(24)23-19(26)22-17-7-4-13(20)9-16(17)21/h4-9,11H,10H2,1-3H3,(H2,22,23,24,26). The number of carbonyl (C=O) groups is 1. The fraction of sp³-hybridized carbons (Fsp3) is 0.263. The molecule has 0 bridgehead atoms. The van der Waals surface area contributed by atoms with Gasteiger partial charge < -0.3 is 10.1 Å². The number of hydrogen-bond donors (Lipinski definition) is 2. The summed E-state index contributed by atoms with van der Waals surface area (Å²) < 4.78 is 5.53. The number of carbonyl (C=O) groups excluding carboxylic acids is 1. The number of nitrogens with one attached hydrogen (secondary N) is 2. The van der Waals surface area contributed by atoms with Gasteiger partial charge in [0.05, 0.1) is 10.7 Å². The molecule has 0 saturated heterocycles. The number of anilines is 1. The van der Waals surface area contributed by atoms with Crippen LogP contribution in [0.15, 0.2) is 36.4 Å². The first-order valence-corrected chi connectivity index (χ1v) is 9.22. The first kappa shape index (κ1) is 20.5. The Hall–Kier alpha value is -1.82. The highest BCUT2D eigenvalue weighted by molar-refractivity contribution is 7.80. The summed E-state index contributed by atoms with van der Waals surface area (Å²) in [6.45, 7) is 6.15. The molecule has 138 valence electrons. The number of hydrogen-bond acceptors (Lipinski definition) is 3. The molecule has 0 saturated carbocycles. The summed E-state index contributed by atoms with van der Waals surface area (Å²) in [6, 6.07) is 10.7. The lowest BCUT2D eigenvalue weighted by Crippen LogP contribution is -2.37. The largest absolute Gasteiger partial charge is 0.484 e. The molecule has 0 unspecified atom stereocenters. The molecule has 0 aliphatic heterocycles. The summed E-state index contributed by atoms with van der Waals surface area (Å²) in [5, 5.41) is 6.46. The van der Waals surface area contributed by atoms with E-state index in [0.717, 1.165) is 5.56 Å². The van der Waals surface area contributed by atoms with Crippen LogP contribution in [0.4, 0.5) is 5.69 Å². The molecule has 1 amide bonds. The quantitative estimate of drug-likeness (QED) is 0.654. The summed E-state index contributed by atoms with van der Waals surface area (Å²) in [4.78, 5) is 12.0. The van der Waals surface area contributed by atoms with Gasteiger partial charge in [-0.3, -0.25) is 10.1 Å². The van der Waals surface area contributed by atoms with Crippen LogP contribution < -0.4 is 15.4 Å². The summed E-state index contributed by atoms with van der Waals surface area (Å²) in [5.74, 6) is 0.718. The van der Waals surface area contributed by atoms with Crippen molar-refractivity contribution in [3.8, 4) is 5.75 Å². The lowest BCUT2D eigenvalue weighted by Gasteiger charge is -2.13. The van der Waals surface area contributed by atoms with Crippen LogP contribution in [0.3, 0.4) is 0 Å². The number of amides is 1. The molecule has 2 aromatic rings. The Labute approximate surface area is 168 Å². The third-order valence-corrected chi connectivity index (χ3v) is 4.42. The van der Waals surface area contributed by atoms with Gasteiger partial charge in [0.15, 0.2) is 11.7 Å². The van der Waals surface area contributed by atoms with Crippen LogP contribution >= 0.6 is 35.4 Å². The molecule has 0 aliphatic carbocycles. The van der Waals surface area contributed by atoms with Crippen molar-refractivity contribution in [2.75, 3.05) is 11.9 Å². The summed E-state index contributed by atoms with van der Waals surface area (Å²) in [7, 11) is 0. The average molecular weight is 411 g/mol. The second kappa shape index (κ2) is 9.21. The Morgan fingerprint density at radius 2 is 1.92 bits per heavy atom. The van der Waals surface area contributed by atoms with Gasteiger partial charge in [0.1, 0.15) is 5.75 Å². The van der Waals surface area contributed by atoms with Gasteiger partial charge in [0.25, 0.3) is 5.91 Å². The second-order valence-corrected chi connectivity index (χ2v) is 7.34. The third kappa shape index (κ3) is 5.87. The van der Waals surface area contributed by atoms with E-state index in [-0.39, 0.29) is 17.6 Å². The molecule has 0 aliphatic rings. The van der Waals surface area contributed by atoms with Gasteiger partial charge in [0.2, 0.25) is 0 Å². The van der Waals surface area contributed by atoms with E-state index in [9.17, 15) is 4.79 Å². The smallest absolute Gasteiger partial charge is 0.264 e. The van der Waals surface area contributed by atoms with Gasteiger partial charge in [-0.1, -0.05) is 43.1 Å². The van der Waals surface area contributed by atoms with Crippen LogP contribution in [0.2, 0.25) is 10.0 Å². The Kier molecular flexibility index (Phi) is 7.26. The maximum absolute atomic E-state index is 12.0. The Morgan fingerprint density at radius 3 is 2.54 bits per heavy atom. The molecule has 0 fully saturated rings. The zero-order valence-electron chi connectivity index (χ0n) is 14.7. The van der Waals surface area contributed by atoms with Crippen molar-refractivity contribution in [1.29, 1.82) is 0 Å². The average Bonchev–Trinajstić information content (AvgIpc) is 2.55. The van der Waals surface area contributed by atoms with Crippen LogP contribution in [-0.2, 0) is 4.79 Å². The van der Waals surface area contributed by atoms with Crippen molar-refractivity contribution in [3.63, 3.8) is 0 Å². The Morgan fingerprint density at radius 1 is 1.19 bits per heavy atom. The Bertz CT molecular complexity index is 825. The van der Waals surface area contributed by atoms with Crippen LogP contribution in [-0.4, -0.2) is 17.6 Å². The van der Waals surface area contributed by atoms with Crippen molar-refractivity contribution in [3.05, 3.63) is 57.6 Å². The van der Waals surface area contributed by atoms with E-state index in [1.54, 1.807) is 18.2 Å². The molecule has 2 rings (SSSR count). The fourth-order valence-corrected chi connectivity index (χ4v) is 3.12. The van der Waals surface area contributed by atoms with Gasteiger partial charge >= 0.3 is 0 Å². The van der Waals surface area contributed by atoms with Crippen LogP contribution in [0.5, 0.6) is 5.75 Å². The van der Waals surface area contributed by atoms with Gasteiger partial charge in [0, 0.05) is 5.02 Å². The van der Waals surface area contributed by atoms with Gasteiger partial charge in [-0.05, 0) is 66.5 Å². The SMILES string of the molecule is Cc1cc(OCC(=O)NC(=S)Nc2ccc(Cl)cc2Cl)ccc1C(C)C. The molecule has 0 heterocycles. The zero-order valence-corrected chi connectivity index (χ0v) is 17.1. The molecule has 0 radical (unpaired) electrons. The second-order valence-electron chi connectivity index (χ2n) is 6.09. The number of thiocarbonyl (C=S) groups is 1. The topological polar surface area (TPSA) is 50.4 Å². The summed E-state index contributed by atoms with van der Waals surface area (Å²) in [6.07, 6.45) is 0. The van der Waals surface area contributed by atoms with E-state index in [4.69, 9.17) is 40.2 Å². The third-order valence-electron chi connectivity index (χ3n) is 3.67. The highest BCUT2D eigenvalue weighted by atomic mass is 35.5. The molecule has 4 nitrogen and oxygen atoms in total. The minimum absolute atomic E-state index is 0.133. The maximum Gasteiger partial charge on any atom is 0.264 e. The van der Waals surface area contributed by atoms with Crippen molar-refractivity contribution < 1.29 is 9.53 Å². The first-order chi connectivity index (χ1) is 12.3. The fourth-order valence-electron chi connectivity index (χ4n) is 2.44. The van der Waals surface area contributed by atoms with E-state index in [2.05, 4.69) is 24.5 Å². The van der Waals surface area contributed by atoms with Gasteiger partial charge in [-0.2, -0.15) is 0 Å². The van der Waals surface area contributed by atoms with Gasteiger partial charge in [-0.25, -0.2) is 0 Å². The Balaban J connectivity index is 1.86. The highest BCUT2D eigenvalue weighted by Crippen LogP contribution is 2.25. The van der Waals surface area contributed by atoms with Crippen molar-refractivity contribution in [2.24, 2.45) is 0 Å². The zero-order chi connectivity index (χ0) is 19.3. The monoisotopic (exact) mass is 410 g/mol. The van der Waals surface area contributed by atoms with E-state index >= 15 is 0 Å². The summed E-state index contributed by atoms with van der Waals surface area (Å²) >= 11 is 17.0. The number of halogens is 2. The first-order valence-electron chi connectivity index (χ1n) is 8.05. The molecule has 2 aromatic carbocycles. The van der Waals surface area contributed by atoms with E-state index in [1.165, 1.54) is 5.56 Å². The number of benzene rings is 2. The number of rotatable bonds is 5. The highest BCUT2D eigenvalue weighted by Gasteiger charge is 2.09. The van der Waals surface area contributed by atoms with E-state index in [1.807, 2.05) is 25.1 Å². The minimum Gasteiger partial charge on any atom is -0.484 e. The predicted octanol–water partition coefficient (Wildman–Crippen LogP) is 5.32. The molecule has 26 heavy (non-hydrogen) atoms. The molecule has 0 atom stereocenters. The van der Waals surface area contributed by atoms with Crippen LogP contribution in [0, 0.1) is 6.92 Å². The number of ether oxygens (including phenoxy) is 1.